The fourth-order valence-electron chi connectivity index (χ4n) is 2.19. The highest BCUT2D eigenvalue weighted by Crippen LogP contribution is 2.30. The van der Waals surface area contributed by atoms with Crippen molar-refractivity contribution in [1.82, 2.24) is 14.4 Å². The molecule has 0 spiro atoms. The van der Waals surface area contributed by atoms with E-state index in [0.717, 1.165) is 33.5 Å². The van der Waals surface area contributed by atoms with Gasteiger partial charge in [-0.05, 0) is 25.0 Å². The van der Waals surface area contributed by atoms with E-state index >= 15 is 0 Å². The molecule has 6 heteroatoms. The van der Waals surface area contributed by atoms with Gasteiger partial charge in [0.1, 0.15) is 0 Å². The molecule has 0 aromatic carbocycles. The number of carbonyl (C=O) groups is 1. The predicted octanol–water partition coefficient (Wildman–Crippen LogP) is 3.73. The van der Waals surface area contributed by atoms with Crippen molar-refractivity contribution < 1.29 is 4.79 Å². The predicted molar refractivity (Wildman–Crippen MR) is 89.6 cm³/mol. The number of nitrogens with zero attached hydrogens (tertiary/aromatic N) is 3. The van der Waals surface area contributed by atoms with Crippen LogP contribution in [0, 0.1) is 5.92 Å². The van der Waals surface area contributed by atoms with E-state index in [1.54, 1.807) is 13.1 Å². The van der Waals surface area contributed by atoms with Crippen LogP contribution in [-0.2, 0) is 0 Å². The fourth-order valence-corrected chi connectivity index (χ4v) is 3.10. The first kappa shape index (κ1) is 14.7. The Kier molecular flexibility index (Phi) is 3.94. The van der Waals surface area contributed by atoms with Gasteiger partial charge in [-0.1, -0.05) is 13.8 Å². The van der Waals surface area contributed by atoms with Gasteiger partial charge in [0.15, 0.2) is 17.2 Å². The quantitative estimate of drug-likeness (QED) is 0.729. The van der Waals surface area contributed by atoms with E-state index in [1.807, 2.05) is 28.9 Å². The number of Topliss-reactive ketones (excluding diaryl/α,β-unsaturated/α-hetero) is 1. The van der Waals surface area contributed by atoms with E-state index in [1.165, 1.54) is 11.3 Å². The molecular formula is C16H18N4OS. The lowest BCUT2D eigenvalue weighted by Gasteiger charge is -2.09. The van der Waals surface area contributed by atoms with E-state index in [2.05, 4.69) is 29.1 Å². The Morgan fingerprint density at radius 3 is 2.86 bits per heavy atom. The molecule has 0 aliphatic heterocycles. The molecule has 5 nitrogen and oxygen atoms in total. The van der Waals surface area contributed by atoms with Crippen LogP contribution >= 0.6 is 11.3 Å². The number of aromatic nitrogens is 3. The molecule has 0 atom stereocenters. The molecule has 0 aliphatic rings. The summed E-state index contributed by atoms with van der Waals surface area (Å²) < 4.78 is 2.01. The zero-order valence-electron chi connectivity index (χ0n) is 12.8. The molecule has 3 rings (SSSR count). The minimum atomic E-state index is 0.0889. The molecule has 0 bridgehead atoms. The van der Waals surface area contributed by atoms with Gasteiger partial charge in [0.2, 0.25) is 0 Å². The summed E-state index contributed by atoms with van der Waals surface area (Å²) in [6.45, 7) is 6.74. The molecule has 0 saturated carbocycles. The van der Waals surface area contributed by atoms with Crippen LogP contribution < -0.4 is 5.32 Å². The third-order valence-corrected chi connectivity index (χ3v) is 4.52. The molecule has 3 aromatic rings. The highest BCUT2D eigenvalue weighted by atomic mass is 32.1. The van der Waals surface area contributed by atoms with Gasteiger partial charge in [0.05, 0.1) is 21.6 Å². The number of rotatable bonds is 5. The Bertz CT molecular complexity index is 819. The van der Waals surface area contributed by atoms with Crippen LogP contribution in [0.2, 0.25) is 0 Å². The van der Waals surface area contributed by atoms with Gasteiger partial charge in [-0.3, -0.25) is 9.20 Å². The maximum Gasteiger partial charge on any atom is 0.180 e. The summed E-state index contributed by atoms with van der Waals surface area (Å²) in [7, 11) is 0. The number of thiophene rings is 1. The number of fused-ring (bicyclic) bond motifs is 1. The van der Waals surface area contributed by atoms with Crippen molar-refractivity contribution in [2.24, 2.45) is 5.92 Å². The minimum absolute atomic E-state index is 0.0889. The number of ketones is 1. The molecule has 1 N–H and O–H groups in total. The minimum Gasteiger partial charge on any atom is -0.367 e. The summed E-state index contributed by atoms with van der Waals surface area (Å²) in [6, 6.07) is 3.83. The van der Waals surface area contributed by atoms with Crippen molar-refractivity contribution in [3.63, 3.8) is 0 Å². The normalized spacial score (nSPS) is 11.3. The lowest BCUT2D eigenvalue weighted by Crippen LogP contribution is -2.10. The van der Waals surface area contributed by atoms with Gasteiger partial charge in [-0.2, -0.15) is 0 Å². The monoisotopic (exact) mass is 314 g/mol. The molecule has 0 fully saturated rings. The highest BCUT2D eigenvalue weighted by molar-refractivity contribution is 7.17. The first-order valence-electron chi connectivity index (χ1n) is 7.23. The van der Waals surface area contributed by atoms with Crippen molar-refractivity contribution >= 4 is 28.6 Å². The number of carbonyl (C=O) groups excluding carboxylic acids is 1. The smallest absolute Gasteiger partial charge is 0.180 e. The van der Waals surface area contributed by atoms with Crippen LogP contribution in [0.1, 0.15) is 30.4 Å². The average molecular weight is 314 g/mol. The van der Waals surface area contributed by atoms with Gasteiger partial charge >= 0.3 is 0 Å². The summed E-state index contributed by atoms with van der Waals surface area (Å²) in [4.78, 5) is 22.1. The van der Waals surface area contributed by atoms with Gasteiger partial charge in [-0.25, -0.2) is 9.97 Å². The molecule has 0 aliphatic carbocycles. The van der Waals surface area contributed by atoms with Crippen molar-refractivity contribution in [1.29, 1.82) is 0 Å². The van der Waals surface area contributed by atoms with Gasteiger partial charge in [0, 0.05) is 18.9 Å². The standard InChI is InChI=1S/C16H18N4OS/c1-10(2)8-18-15-16-19-9-12(20(16)7-6-17-15)14-5-4-13(22-14)11(3)21/h4-7,9-10H,8H2,1-3H3,(H,17,18). The van der Waals surface area contributed by atoms with E-state index in [-0.39, 0.29) is 5.78 Å². The van der Waals surface area contributed by atoms with E-state index in [4.69, 9.17) is 0 Å². The van der Waals surface area contributed by atoms with Crippen LogP contribution in [0.15, 0.2) is 30.7 Å². The largest absolute Gasteiger partial charge is 0.367 e. The number of anilines is 1. The molecular weight excluding hydrogens is 296 g/mol. The summed E-state index contributed by atoms with van der Waals surface area (Å²) >= 11 is 1.49. The number of hydrogen-bond donors (Lipinski definition) is 1. The second kappa shape index (κ2) is 5.88. The van der Waals surface area contributed by atoms with Gasteiger partial charge in [-0.15, -0.1) is 11.3 Å². The van der Waals surface area contributed by atoms with Gasteiger partial charge in [0.25, 0.3) is 0 Å². The Balaban J connectivity index is 2.01. The Hall–Kier alpha value is -2.21. The number of imidazole rings is 1. The van der Waals surface area contributed by atoms with Gasteiger partial charge < -0.3 is 5.32 Å². The third kappa shape index (κ3) is 2.74. The summed E-state index contributed by atoms with van der Waals surface area (Å²) in [5.41, 5.74) is 1.78. The third-order valence-electron chi connectivity index (χ3n) is 3.31. The summed E-state index contributed by atoms with van der Waals surface area (Å²) in [5, 5.41) is 3.33. The Morgan fingerprint density at radius 2 is 2.18 bits per heavy atom. The zero-order valence-corrected chi connectivity index (χ0v) is 13.6. The van der Waals surface area contributed by atoms with Crippen molar-refractivity contribution in [2.45, 2.75) is 20.8 Å². The SMILES string of the molecule is CC(=O)c1ccc(-c2cnc3c(NCC(C)C)nccn23)s1. The molecule has 114 valence electrons. The Labute approximate surface area is 133 Å². The maximum atomic E-state index is 11.5. The second-order valence-electron chi connectivity index (χ2n) is 5.61. The molecule has 0 amide bonds. The van der Waals surface area contributed by atoms with Crippen LogP contribution in [0.4, 0.5) is 5.82 Å². The lowest BCUT2D eigenvalue weighted by atomic mass is 10.2. The molecule has 3 aromatic heterocycles. The molecule has 0 saturated heterocycles. The van der Waals surface area contributed by atoms with E-state index in [9.17, 15) is 4.79 Å². The second-order valence-corrected chi connectivity index (χ2v) is 6.69. The number of hydrogen-bond acceptors (Lipinski definition) is 5. The van der Waals surface area contributed by atoms with Crippen LogP contribution in [0.3, 0.4) is 0 Å². The van der Waals surface area contributed by atoms with Crippen LogP contribution in [0.5, 0.6) is 0 Å². The molecule has 22 heavy (non-hydrogen) atoms. The highest BCUT2D eigenvalue weighted by Gasteiger charge is 2.13. The molecule has 3 heterocycles. The maximum absolute atomic E-state index is 11.5. The topological polar surface area (TPSA) is 59.3 Å². The van der Waals surface area contributed by atoms with Crippen molar-refractivity contribution in [2.75, 3.05) is 11.9 Å². The average Bonchev–Trinajstić information content (AvgIpc) is 3.11. The summed E-state index contributed by atoms with van der Waals surface area (Å²) in [6.07, 6.45) is 5.49. The van der Waals surface area contributed by atoms with E-state index < -0.39 is 0 Å². The van der Waals surface area contributed by atoms with E-state index in [0.29, 0.717) is 5.92 Å². The van der Waals surface area contributed by atoms with Crippen LogP contribution in [0.25, 0.3) is 16.2 Å². The molecule has 0 radical (unpaired) electrons. The summed E-state index contributed by atoms with van der Waals surface area (Å²) in [5.74, 6) is 1.41. The first-order chi connectivity index (χ1) is 10.6. The molecule has 0 unspecified atom stereocenters. The zero-order chi connectivity index (χ0) is 15.7. The number of nitrogens with one attached hydrogen (secondary N) is 1. The van der Waals surface area contributed by atoms with Crippen molar-refractivity contribution in [3.8, 4) is 10.6 Å². The van der Waals surface area contributed by atoms with Crippen LogP contribution in [-0.4, -0.2) is 26.7 Å². The van der Waals surface area contributed by atoms with Crippen molar-refractivity contribution in [3.05, 3.63) is 35.6 Å². The Morgan fingerprint density at radius 1 is 1.36 bits per heavy atom. The fraction of sp³-hybridized carbons (Fsp3) is 0.312. The lowest BCUT2D eigenvalue weighted by molar-refractivity contribution is 0.102. The first-order valence-corrected chi connectivity index (χ1v) is 8.05.